The van der Waals surface area contributed by atoms with Gasteiger partial charge in [0.25, 0.3) is 17.1 Å². The summed E-state index contributed by atoms with van der Waals surface area (Å²) in [7, 11) is 0. The first kappa shape index (κ1) is 21.3. The molecule has 2 aromatic carbocycles. The lowest BCUT2D eigenvalue weighted by Crippen LogP contribution is -2.41. The molecule has 2 N–H and O–H groups in total. The van der Waals surface area contributed by atoms with E-state index in [0.29, 0.717) is 4.91 Å². The van der Waals surface area contributed by atoms with Crippen LogP contribution in [0.15, 0.2) is 59.5 Å². The van der Waals surface area contributed by atoms with Crippen LogP contribution in [0.2, 0.25) is 0 Å². The smallest absolute Gasteiger partial charge is 0.293 e. The first-order valence-electron chi connectivity index (χ1n) is 9.05. The Labute approximate surface area is 176 Å². The minimum Gasteiger partial charge on any atom is -0.353 e. The van der Waals surface area contributed by atoms with Crippen LogP contribution in [0, 0.1) is 5.82 Å². The average Bonchev–Trinajstić information content (AvgIpc) is 3.00. The highest BCUT2D eigenvalue weighted by atomic mass is 32.2. The van der Waals surface area contributed by atoms with E-state index in [1.165, 1.54) is 18.2 Å². The van der Waals surface area contributed by atoms with Crippen LogP contribution >= 0.6 is 11.8 Å². The fourth-order valence-corrected chi connectivity index (χ4v) is 3.52. The summed E-state index contributed by atoms with van der Waals surface area (Å²) in [4.78, 5) is 49.7. The van der Waals surface area contributed by atoms with Crippen molar-refractivity contribution in [3.05, 3.63) is 76.4 Å². The molecule has 0 unspecified atom stereocenters. The van der Waals surface area contributed by atoms with Crippen LogP contribution in [-0.4, -0.2) is 47.5 Å². The quantitative estimate of drug-likeness (QED) is 0.662. The Morgan fingerprint density at radius 2 is 1.80 bits per heavy atom. The SMILES string of the molecule is O=C(CNC(=O)c1cccc(F)c1)NCCN1C(=O)S/C(=C/c2ccccc2)C1=O. The van der Waals surface area contributed by atoms with E-state index in [1.54, 1.807) is 6.08 Å². The molecule has 1 fully saturated rings. The van der Waals surface area contributed by atoms with Crippen molar-refractivity contribution in [3.8, 4) is 0 Å². The molecule has 7 nitrogen and oxygen atoms in total. The predicted octanol–water partition coefficient (Wildman–Crippen LogP) is 2.41. The van der Waals surface area contributed by atoms with E-state index in [9.17, 15) is 23.6 Å². The van der Waals surface area contributed by atoms with Crippen molar-refractivity contribution in [1.82, 2.24) is 15.5 Å². The van der Waals surface area contributed by atoms with Gasteiger partial charge in [0.05, 0.1) is 11.4 Å². The minimum atomic E-state index is -0.582. The van der Waals surface area contributed by atoms with Crippen LogP contribution in [0.5, 0.6) is 0 Å². The molecule has 0 aromatic heterocycles. The number of imide groups is 1. The molecule has 30 heavy (non-hydrogen) atoms. The lowest BCUT2D eigenvalue weighted by Gasteiger charge is -2.13. The molecule has 3 rings (SSSR count). The van der Waals surface area contributed by atoms with Gasteiger partial charge in [-0.2, -0.15) is 0 Å². The zero-order chi connectivity index (χ0) is 21.5. The van der Waals surface area contributed by atoms with Crippen LogP contribution in [0.25, 0.3) is 6.08 Å². The molecule has 9 heteroatoms. The molecule has 1 aliphatic rings. The van der Waals surface area contributed by atoms with Gasteiger partial charge in [-0.3, -0.25) is 24.1 Å². The second-order valence-corrected chi connectivity index (χ2v) is 7.28. The van der Waals surface area contributed by atoms with Gasteiger partial charge in [0.15, 0.2) is 0 Å². The highest BCUT2D eigenvalue weighted by molar-refractivity contribution is 8.18. The third kappa shape index (κ3) is 5.54. The lowest BCUT2D eigenvalue weighted by atomic mass is 10.2. The Morgan fingerprint density at radius 1 is 1.03 bits per heavy atom. The first-order chi connectivity index (χ1) is 14.4. The number of hydrogen-bond acceptors (Lipinski definition) is 5. The van der Waals surface area contributed by atoms with Gasteiger partial charge in [-0.25, -0.2) is 4.39 Å². The predicted molar refractivity (Wildman–Crippen MR) is 111 cm³/mol. The summed E-state index contributed by atoms with van der Waals surface area (Å²) in [6, 6.07) is 14.3. The van der Waals surface area contributed by atoms with Crippen molar-refractivity contribution in [2.24, 2.45) is 0 Å². The summed E-state index contributed by atoms with van der Waals surface area (Å²) < 4.78 is 13.1. The number of benzene rings is 2. The Bertz CT molecular complexity index is 1010. The zero-order valence-corrected chi connectivity index (χ0v) is 16.6. The van der Waals surface area contributed by atoms with Crippen molar-refractivity contribution < 1.29 is 23.6 Å². The van der Waals surface area contributed by atoms with Gasteiger partial charge in [0.1, 0.15) is 5.82 Å². The van der Waals surface area contributed by atoms with Crippen molar-refractivity contribution in [1.29, 1.82) is 0 Å². The molecule has 4 amide bonds. The van der Waals surface area contributed by atoms with Gasteiger partial charge in [-0.05, 0) is 41.6 Å². The Balaban J connectivity index is 1.45. The highest BCUT2D eigenvalue weighted by Crippen LogP contribution is 2.31. The molecule has 0 bridgehead atoms. The van der Waals surface area contributed by atoms with E-state index >= 15 is 0 Å². The van der Waals surface area contributed by atoms with Crippen LogP contribution < -0.4 is 10.6 Å². The fraction of sp³-hybridized carbons (Fsp3) is 0.143. The summed E-state index contributed by atoms with van der Waals surface area (Å²) in [6.07, 6.45) is 1.64. The fourth-order valence-electron chi connectivity index (χ4n) is 2.66. The molecule has 0 saturated carbocycles. The number of nitrogens with zero attached hydrogens (tertiary/aromatic N) is 1. The third-order valence-corrected chi connectivity index (χ3v) is 5.03. The van der Waals surface area contributed by atoms with E-state index in [0.717, 1.165) is 28.3 Å². The van der Waals surface area contributed by atoms with E-state index in [1.807, 2.05) is 30.3 Å². The Hall–Kier alpha value is -3.46. The maximum Gasteiger partial charge on any atom is 0.293 e. The molecule has 1 saturated heterocycles. The Morgan fingerprint density at radius 3 is 2.53 bits per heavy atom. The van der Waals surface area contributed by atoms with Crippen molar-refractivity contribution in [2.45, 2.75) is 0 Å². The van der Waals surface area contributed by atoms with Gasteiger partial charge in [-0.1, -0.05) is 36.4 Å². The van der Waals surface area contributed by atoms with E-state index < -0.39 is 28.8 Å². The number of thioether (sulfide) groups is 1. The second-order valence-electron chi connectivity index (χ2n) is 6.29. The van der Waals surface area contributed by atoms with E-state index in [4.69, 9.17) is 0 Å². The summed E-state index contributed by atoms with van der Waals surface area (Å²) in [5.74, 6) is -2.04. The van der Waals surface area contributed by atoms with E-state index in [2.05, 4.69) is 10.6 Å². The monoisotopic (exact) mass is 427 g/mol. The molecule has 0 radical (unpaired) electrons. The average molecular weight is 427 g/mol. The molecular weight excluding hydrogens is 409 g/mol. The molecule has 0 aliphatic carbocycles. The normalized spacial score (nSPS) is 14.8. The molecule has 1 heterocycles. The topological polar surface area (TPSA) is 95.6 Å². The lowest BCUT2D eigenvalue weighted by molar-refractivity contribution is -0.124. The maximum atomic E-state index is 13.1. The van der Waals surface area contributed by atoms with Crippen LogP contribution in [-0.2, 0) is 9.59 Å². The summed E-state index contributed by atoms with van der Waals surface area (Å²) in [6.45, 7) is -0.253. The number of nitrogens with one attached hydrogen (secondary N) is 2. The van der Waals surface area contributed by atoms with Gasteiger partial charge >= 0.3 is 0 Å². The molecule has 0 atom stereocenters. The molecule has 154 valence electrons. The number of carbonyl (C=O) groups is 4. The van der Waals surface area contributed by atoms with Crippen molar-refractivity contribution >= 4 is 40.8 Å². The molecule has 2 aromatic rings. The van der Waals surface area contributed by atoms with Crippen LogP contribution in [0.4, 0.5) is 9.18 Å². The number of halogens is 1. The summed E-state index contributed by atoms with van der Waals surface area (Å²) >= 11 is 0.847. The minimum absolute atomic E-state index is 0.0143. The van der Waals surface area contributed by atoms with Gasteiger partial charge in [-0.15, -0.1) is 0 Å². The largest absolute Gasteiger partial charge is 0.353 e. The third-order valence-electron chi connectivity index (χ3n) is 4.12. The number of carbonyl (C=O) groups excluding carboxylic acids is 4. The van der Waals surface area contributed by atoms with Gasteiger partial charge < -0.3 is 10.6 Å². The van der Waals surface area contributed by atoms with E-state index in [-0.39, 0.29) is 25.2 Å². The standard InChI is InChI=1S/C21H18FN3O4S/c22-16-8-4-7-15(12-16)19(27)24-13-18(26)23-9-10-25-20(28)17(30-21(25)29)11-14-5-2-1-3-6-14/h1-8,11-12H,9-10,13H2,(H,23,26)(H,24,27)/b17-11+. The van der Waals surface area contributed by atoms with Gasteiger partial charge in [0.2, 0.25) is 5.91 Å². The zero-order valence-electron chi connectivity index (χ0n) is 15.8. The molecule has 1 aliphatic heterocycles. The number of rotatable bonds is 7. The summed E-state index contributed by atoms with van der Waals surface area (Å²) in [5.41, 5.74) is 0.913. The van der Waals surface area contributed by atoms with Crippen LogP contribution in [0.1, 0.15) is 15.9 Å². The highest BCUT2D eigenvalue weighted by Gasteiger charge is 2.34. The molecule has 0 spiro atoms. The molecular formula is C21H18FN3O4S. The number of hydrogen-bond donors (Lipinski definition) is 2. The first-order valence-corrected chi connectivity index (χ1v) is 9.86. The van der Waals surface area contributed by atoms with Crippen molar-refractivity contribution in [2.75, 3.05) is 19.6 Å². The van der Waals surface area contributed by atoms with Crippen LogP contribution in [0.3, 0.4) is 0 Å². The maximum absolute atomic E-state index is 13.1. The summed E-state index contributed by atoms with van der Waals surface area (Å²) in [5, 5.41) is 4.50. The number of amides is 4. The second kappa shape index (κ2) is 9.84. The van der Waals surface area contributed by atoms with Crippen molar-refractivity contribution in [3.63, 3.8) is 0 Å². The Kier molecular flexibility index (Phi) is 6.97. The van der Waals surface area contributed by atoms with Gasteiger partial charge in [0, 0.05) is 18.7 Å².